The molecule has 0 fully saturated rings. The monoisotopic (exact) mass is 357 g/mol. The molecule has 1 heterocycles. The fraction of sp³-hybridized carbons (Fsp3) is 0.111. The van der Waals surface area contributed by atoms with E-state index in [0.29, 0.717) is 11.3 Å². The minimum absolute atomic E-state index is 0.0171. The van der Waals surface area contributed by atoms with Gasteiger partial charge in [-0.15, -0.1) is 25.3 Å². The molecule has 0 radical (unpaired) electrons. The molecule has 1 atom stereocenters. The lowest BCUT2D eigenvalue weighted by molar-refractivity contribution is -0.139. The first kappa shape index (κ1) is 16.7. The fourth-order valence-electron chi connectivity index (χ4n) is 2.40. The van der Waals surface area contributed by atoms with E-state index in [1.165, 1.54) is 6.26 Å². The number of aryl methyl sites for hydroxylation is 1. The van der Waals surface area contributed by atoms with Gasteiger partial charge in [0.25, 0.3) is 0 Å². The lowest BCUT2D eigenvalue weighted by atomic mass is 9.96. The molecule has 0 aliphatic rings. The van der Waals surface area contributed by atoms with Crippen LogP contribution in [0.2, 0.25) is 0 Å². The molecule has 122 valence electrons. The van der Waals surface area contributed by atoms with Gasteiger partial charge in [-0.05, 0) is 24.1 Å². The highest BCUT2D eigenvalue weighted by atomic mass is 32.1. The van der Waals surface area contributed by atoms with Crippen LogP contribution in [0.3, 0.4) is 0 Å². The lowest BCUT2D eigenvalue weighted by Gasteiger charge is -2.21. The largest absolute Gasteiger partial charge is 0.480 e. The molecular weight excluding hydrogens is 342 g/mol. The van der Waals surface area contributed by atoms with E-state index in [9.17, 15) is 9.90 Å². The Bertz CT molecular complexity index is 892. The fourth-order valence-corrected chi connectivity index (χ4v) is 2.78. The van der Waals surface area contributed by atoms with Crippen LogP contribution in [-0.2, 0) is 9.54 Å². The summed E-state index contributed by atoms with van der Waals surface area (Å²) in [5.41, 5.74) is 2.73. The molecule has 1 N–H and O–H groups in total. The summed E-state index contributed by atoms with van der Waals surface area (Å²) in [5.74, 6) is -1.14. The van der Waals surface area contributed by atoms with Crippen LogP contribution in [-0.4, -0.2) is 16.1 Å². The number of carboxylic acids is 1. The van der Waals surface area contributed by atoms with Gasteiger partial charge < -0.3 is 9.52 Å². The van der Waals surface area contributed by atoms with E-state index in [1.807, 2.05) is 37.3 Å². The molecule has 3 rings (SSSR count). The van der Waals surface area contributed by atoms with Crippen LogP contribution in [0.4, 0.5) is 0 Å². The number of oxazole rings is 1. The molecule has 3 aromatic rings. The second kappa shape index (κ2) is 6.37. The Labute approximate surface area is 150 Å². The molecular formula is C18H15NO3S2. The number of carboxylic acid groups (broad SMARTS) is 1. The standard InChI is InChI=1S/C18H15NO3S2/c1-11-9-13(7-8-15(11)23)18(24,17(20)21)16-19-14(10-22-16)12-5-3-2-4-6-12/h2-10,23-24H,1H3,(H,20,21). The summed E-state index contributed by atoms with van der Waals surface area (Å²) in [6.07, 6.45) is 1.44. The molecule has 1 aromatic heterocycles. The highest BCUT2D eigenvalue weighted by Crippen LogP contribution is 2.38. The second-order valence-corrected chi connectivity index (χ2v) is 6.57. The summed E-state index contributed by atoms with van der Waals surface area (Å²) in [6, 6.07) is 14.5. The average Bonchev–Trinajstić information content (AvgIpc) is 3.07. The summed E-state index contributed by atoms with van der Waals surface area (Å²) >= 11 is 8.74. The summed E-state index contributed by atoms with van der Waals surface area (Å²) in [4.78, 5) is 17.1. The summed E-state index contributed by atoms with van der Waals surface area (Å²) in [5, 5.41) is 9.78. The molecule has 2 aromatic carbocycles. The van der Waals surface area contributed by atoms with Gasteiger partial charge in [-0.2, -0.15) is 0 Å². The van der Waals surface area contributed by atoms with Crippen molar-refractivity contribution in [3.05, 3.63) is 71.8 Å². The zero-order chi connectivity index (χ0) is 17.3. The van der Waals surface area contributed by atoms with E-state index in [4.69, 9.17) is 4.42 Å². The van der Waals surface area contributed by atoms with Crippen molar-refractivity contribution in [2.75, 3.05) is 0 Å². The number of hydrogen-bond acceptors (Lipinski definition) is 5. The third-order valence-corrected chi connectivity index (χ3v) is 4.95. The first-order valence-corrected chi connectivity index (χ1v) is 8.09. The average molecular weight is 357 g/mol. The van der Waals surface area contributed by atoms with Crippen LogP contribution in [0.25, 0.3) is 11.3 Å². The molecule has 24 heavy (non-hydrogen) atoms. The van der Waals surface area contributed by atoms with Crippen LogP contribution in [0, 0.1) is 6.92 Å². The maximum absolute atomic E-state index is 12.0. The number of thiol groups is 2. The van der Waals surface area contributed by atoms with Gasteiger partial charge in [0.05, 0.1) is 0 Å². The van der Waals surface area contributed by atoms with Crippen LogP contribution in [0.5, 0.6) is 0 Å². The maximum atomic E-state index is 12.0. The van der Waals surface area contributed by atoms with E-state index < -0.39 is 10.7 Å². The van der Waals surface area contributed by atoms with E-state index in [1.54, 1.807) is 18.2 Å². The van der Waals surface area contributed by atoms with Crippen LogP contribution in [0.15, 0.2) is 64.1 Å². The molecule has 0 aliphatic heterocycles. The molecule has 0 amide bonds. The Balaban J connectivity index is 2.10. The van der Waals surface area contributed by atoms with Gasteiger partial charge in [-0.1, -0.05) is 42.5 Å². The van der Waals surface area contributed by atoms with Gasteiger partial charge >= 0.3 is 5.97 Å². The minimum Gasteiger partial charge on any atom is -0.480 e. The Kier molecular flexibility index (Phi) is 4.43. The Hall–Kier alpha value is -2.18. The predicted molar refractivity (Wildman–Crippen MR) is 97.8 cm³/mol. The Morgan fingerprint density at radius 1 is 1.21 bits per heavy atom. The molecule has 6 heteroatoms. The van der Waals surface area contributed by atoms with Gasteiger partial charge in [-0.25, -0.2) is 9.78 Å². The molecule has 0 aliphatic carbocycles. The van der Waals surface area contributed by atoms with E-state index >= 15 is 0 Å². The lowest BCUT2D eigenvalue weighted by Crippen LogP contribution is -2.31. The van der Waals surface area contributed by atoms with Gasteiger partial charge in [-0.3, -0.25) is 0 Å². The number of aromatic nitrogens is 1. The summed E-state index contributed by atoms with van der Waals surface area (Å²) < 4.78 is 3.80. The predicted octanol–water partition coefficient (Wildman–Crippen LogP) is 4.20. The van der Waals surface area contributed by atoms with Crippen molar-refractivity contribution in [3.8, 4) is 11.3 Å². The van der Waals surface area contributed by atoms with Crippen LogP contribution < -0.4 is 0 Å². The SMILES string of the molecule is Cc1cc(C(S)(C(=O)O)c2nc(-c3ccccc3)co2)ccc1S. The molecule has 0 spiro atoms. The zero-order valence-electron chi connectivity index (χ0n) is 12.8. The molecule has 0 saturated carbocycles. The topological polar surface area (TPSA) is 63.3 Å². The van der Waals surface area contributed by atoms with Gasteiger partial charge in [0, 0.05) is 10.5 Å². The first-order chi connectivity index (χ1) is 11.4. The number of nitrogens with zero attached hydrogens (tertiary/aromatic N) is 1. The zero-order valence-corrected chi connectivity index (χ0v) is 14.6. The smallest absolute Gasteiger partial charge is 0.333 e. The normalized spacial score (nSPS) is 13.5. The number of benzene rings is 2. The Morgan fingerprint density at radius 2 is 1.92 bits per heavy atom. The highest BCUT2D eigenvalue weighted by molar-refractivity contribution is 7.82. The van der Waals surface area contributed by atoms with E-state index in [0.717, 1.165) is 16.0 Å². The number of aliphatic carboxylic acids is 1. The molecule has 4 nitrogen and oxygen atoms in total. The van der Waals surface area contributed by atoms with Gasteiger partial charge in [0.15, 0.2) is 0 Å². The van der Waals surface area contributed by atoms with Crippen molar-refractivity contribution in [2.24, 2.45) is 0 Å². The third kappa shape index (κ3) is 2.83. The van der Waals surface area contributed by atoms with Gasteiger partial charge in [0.1, 0.15) is 12.0 Å². The summed E-state index contributed by atoms with van der Waals surface area (Å²) in [7, 11) is 0. The van der Waals surface area contributed by atoms with Gasteiger partial charge in [0.2, 0.25) is 10.6 Å². The minimum atomic E-state index is -1.68. The first-order valence-electron chi connectivity index (χ1n) is 7.20. The van der Waals surface area contributed by atoms with Crippen molar-refractivity contribution in [2.45, 2.75) is 16.6 Å². The van der Waals surface area contributed by atoms with Crippen molar-refractivity contribution < 1.29 is 14.3 Å². The number of carbonyl (C=O) groups is 1. The van der Waals surface area contributed by atoms with Crippen molar-refractivity contribution in [1.29, 1.82) is 0 Å². The van der Waals surface area contributed by atoms with Crippen LogP contribution in [0.1, 0.15) is 17.0 Å². The molecule has 0 saturated heterocycles. The maximum Gasteiger partial charge on any atom is 0.333 e. The Morgan fingerprint density at radius 3 is 2.54 bits per heavy atom. The second-order valence-electron chi connectivity index (χ2n) is 5.42. The number of rotatable bonds is 4. The van der Waals surface area contributed by atoms with Crippen molar-refractivity contribution >= 4 is 31.2 Å². The summed E-state index contributed by atoms with van der Waals surface area (Å²) in [6.45, 7) is 1.85. The molecule has 0 bridgehead atoms. The van der Waals surface area contributed by atoms with Crippen molar-refractivity contribution in [1.82, 2.24) is 4.98 Å². The van der Waals surface area contributed by atoms with E-state index in [2.05, 4.69) is 30.2 Å². The quantitative estimate of drug-likeness (QED) is 0.613. The number of hydrogen-bond donors (Lipinski definition) is 3. The van der Waals surface area contributed by atoms with E-state index in [-0.39, 0.29) is 5.89 Å². The van der Waals surface area contributed by atoms with Crippen molar-refractivity contribution in [3.63, 3.8) is 0 Å². The third-order valence-electron chi connectivity index (χ3n) is 3.81. The highest BCUT2D eigenvalue weighted by Gasteiger charge is 2.43. The van der Waals surface area contributed by atoms with Crippen LogP contribution >= 0.6 is 25.3 Å². The molecule has 1 unspecified atom stereocenters.